The lowest BCUT2D eigenvalue weighted by Crippen LogP contribution is -2.61. The van der Waals surface area contributed by atoms with Gasteiger partial charge in [0.25, 0.3) is 0 Å². The van der Waals surface area contributed by atoms with E-state index in [0.29, 0.717) is 0 Å². The minimum absolute atomic E-state index is 0.0758. The van der Waals surface area contributed by atoms with Crippen molar-refractivity contribution in [3.63, 3.8) is 0 Å². The number of aromatic nitrogens is 1. The van der Waals surface area contributed by atoms with Crippen LogP contribution in [0.5, 0.6) is 0 Å². The molecule has 214 valence electrons. The number of pyridine rings is 1. The van der Waals surface area contributed by atoms with Gasteiger partial charge < -0.3 is 10.6 Å². The summed E-state index contributed by atoms with van der Waals surface area (Å²) in [5.74, 6) is 0. The van der Waals surface area contributed by atoms with Crippen molar-refractivity contribution in [3.05, 3.63) is 136 Å². The van der Waals surface area contributed by atoms with Gasteiger partial charge in [0, 0.05) is 38.8 Å². The third kappa shape index (κ3) is 5.70. The highest BCUT2D eigenvalue weighted by Gasteiger charge is 2.49. The summed E-state index contributed by atoms with van der Waals surface area (Å²) in [6, 6.07) is 31.9. The van der Waals surface area contributed by atoms with E-state index >= 15 is 0 Å². The Kier molecular flexibility index (Phi) is 9.21. The molecular weight excluding hydrogens is 545 g/mol. The SMILES string of the molecule is CCC(N)(CC)C1(c2ccc(Cl)cc2)CCN(CCC(c2ccccc2)(c2ccc(Cl)cc2)c2cccnc2)CC1. The predicted molar refractivity (Wildman–Crippen MR) is 173 cm³/mol. The van der Waals surface area contributed by atoms with Crippen molar-refractivity contribution >= 4 is 23.2 Å². The molecule has 1 aromatic heterocycles. The molecular formula is C36H41Cl2N3. The lowest BCUT2D eigenvalue weighted by Gasteiger charge is -2.53. The standard InChI is InChI=1S/C36H41Cl2N3/c1-3-35(39,4-2)34(28-12-16-32(37)17-13-28)20-24-41(25-21-34)26-22-36(29-9-6-5-7-10-29,31-11-8-23-40-27-31)30-14-18-33(38)19-15-30/h5-19,23,27H,3-4,20-22,24-26,39H2,1-2H3. The second-order valence-electron chi connectivity index (χ2n) is 11.6. The van der Waals surface area contributed by atoms with Crippen LogP contribution in [-0.2, 0) is 10.8 Å². The van der Waals surface area contributed by atoms with Crippen LogP contribution in [0.25, 0.3) is 0 Å². The minimum Gasteiger partial charge on any atom is -0.324 e. The van der Waals surface area contributed by atoms with Crippen LogP contribution < -0.4 is 5.73 Å². The van der Waals surface area contributed by atoms with Crippen LogP contribution in [0.2, 0.25) is 10.0 Å². The first-order valence-electron chi connectivity index (χ1n) is 14.9. The summed E-state index contributed by atoms with van der Waals surface area (Å²) < 4.78 is 0. The number of nitrogens with two attached hydrogens (primary N) is 1. The Morgan fingerprint density at radius 3 is 1.88 bits per heavy atom. The molecule has 41 heavy (non-hydrogen) atoms. The van der Waals surface area contributed by atoms with E-state index < -0.39 is 0 Å². The van der Waals surface area contributed by atoms with E-state index in [1.807, 2.05) is 42.7 Å². The largest absolute Gasteiger partial charge is 0.324 e. The molecule has 1 unspecified atom stereocenters. The summed E-state index contributed by atoms with van der Waals surface area (Å²) in [6.45, 7) is 7.43. The number of nitrogens with zero attached hydrogens (tertiary/aromatic N) is 2. The van der Waals surface area contributed by atoms with Gasteiger partial charge in [0.1, 0.15) is 0 Å². The van der Waals surface area contributed by atoms with Gasteiger partial charge in [-0.1, -0.05) is 97.7 Å². The molecule has 2 heterocycles. The molecule has 0 aliphatic carbocycles. The molecule has 0 amide bonds. The van der Waals surface area contributed by atoms with Gasteiger partial charge in [-0.3, -0.25) is 4.98 Å². The lowest BCUT2D eigenvalue weighted by molar-refractivity contribution is 0.0845. The second-order valence-corrected chi connectivity index (χ2v) is 12.4. The molecule has 1 fully saturated rings. The van der Waals surface area contributed by atoms with Crippen LogP contribution in [0.15, 0.2) is 103 Å². The fourth-order valence-corrected chi connectivity index (χ4v) is 7.51. The van der Waals surface area contributed by atoms with E-state index in [1.165, 1.54) is 22.3 Å². The first kappa shape index (κ1) is 29.8. The van der Waals surface area contributed by atoms with Gasteiger partial charge in [-0.15, -0.1) is 0 Å². The minimum atomic E-state index is -0.352. The van der Waals surface area contributed by atoms with Crippen molar-refractivity contribution < 1.29 is 0 Å². The van der Waals surface area contributed by atoms with Gasteiger partial charge in [-0.05, 0) is 104 Å². The molecule has 3 aromatic carbocycles. The van der Waals surface area contributed by atoms with Gasteiger partial charge >= 0.3 is 0 Å². The molecule has 0 bridgehead atoms. The zero-order valence-electron chi connectivity index (χ0n) is 24.2. The van der Waals surface area contributed by atoms with Gasteiger partial charge in [0.2, 0.25) is 0 Å². The molecule has 4 aromatic rings. The van der Waals surface area contributed by atoms with Crippen molar-refractivity contribution in [2.75, 3.05) is 19.6 Å². The Morgan fingerprint density at radius 2 is 1.32 bits per heavy atom. The lowest BCUT2D eigenvalue weighted by atomic mass is 9.58. The topological polar surface area (TPSA) is 42.1 Å². The monoisotopic (exact) mass is 585 g/mol. The van der Waals surface area contributed by atoms with E-state index in [2.05, 4.69) is 84.4 Å². The molecule has 3 nitrogen and oxygen atoms in total. The highest BCUT2D eigenvalue weighted by molar-refractivity contribution is 6.30. The molecule has 0 saturated carbocycles. The fraction of sp³-hybridized carbons (Fsp3) is 0.361. The van der Waals surface area contributed by atoms with Crippen molar-refractivity contribution in [1.82, 2.24) is 9.88 Å². The Morgan fingerprint density at radius 1 is 0.756 bits per heavy atom. The van der Waals surface area contributed by atoms with Gasteiger partial charge in [-0.2, -0.15) is 0 Å². The molecule has 2 N–H and O–H groups in total. The number of hydrogen-bond acceptors (Lipinski definition) is 3. The maximum atomic E-state index is 7.24. The predicted octanol–water partition coefficient (Wildman–Crippen LogP) is 8.66. The van der Waals surface area contributed by atoms with Crippen LogP contribution in [0.4, 0.5) is 0 Å². The summed E-state index contributed by atoms with van der Waals surface area (Å²) in [5.41, 5.74) is 11.6. The average molecular weight is 587 g/mol. The third-order valence-corrected chi connectivity index (χ3v) is 10.4. The van der Waals surface area contributed by atoms with Gasteiger partial charge in [0.05, 0.1) is 0 Å². The molecule has 1 aliphatic rings. The summed E-state index contributed by atoms with van der Waals surface area (Å²) in [7, 11) is 0. The quantitative estimate of drug-likeness (QED) is 0.202. The van der Waals surface area contributed by atoms with Crippen LogP contribution in [0, 0.1) is 0 Å². The maximum Gasteiger partial charge on any atom is 0.0478 e. The van der Waals surface area contributed by atoms with Crippen LogP contribution in [0.3, 0.4) is 0 Å². The number of benzene rings is 3. The second kappa shape index (κ2) is 12.7. The molecule has 1 aliphatic heterocycles. The van der Waals surface area contributed by atoms with E-state index in [-0.39, 0.29) is 16.4 Å². The van der Waals surface area contributed by atoms with Crippen LogP contribution >= 0.6 is 23.2 Å². The molecule has 5 rings (SSSR count). The Balaban J connectivity index is 1.47. The molecule has 5 heteroatoms. The van der Waals surface area contributed by atoms with Crippen molar-refractivity contribution in [3.8, 4) is 0 Å². The average Bonchev–Trinajstić information content (AvgIpc) is 3.03. The summed E-state index contributed by atoms with van der Waals surface area (Å²) in [6.07, 6.45) is 8.74. The summed E-state index contributed by atoms with van der Waals surface area (Å²) >= 11 is 12.7. The highest BCUT2D eigenvalue weighted by Crippen LogP contribution is 2.47. The number of piperidine rings is 1. The molecule has 1 atom stereocenters. The van der Waals surface area contributed by atoms with Crippen LogP contribution in [-0.4, -0.2) is 35.1 Å². The fourth-order valence-electron chi connectivity index (χ4n) is 7.26. The Hall–Kier alpha value is -2.69. The number of halogens is 2. The highest BCUT2D eigenvalue weighted by atomic mass is 35.5. The Labute approximate surface area is 255 Å². The van der Waals surface area contributed by atoms with E-state index in [4.69, 9.17) is 28.9 Å². The third-order valence-electron chi connectivity index (χ3n) is 9.88. The molecule has 1 saturated heterocycles. The molecule has 0 spiro atoms. The van der Waals surface area contributed by atoms with Crippen molar-refractivity contribution in [2.45, 2.75) is 62.3 Å². The van der Waals surface area contributed by atoms with E-state index in [9.17, 15) is 0 Å². The van der Waals surface area contributed by atoms with Crippen molar-refractivity contribution in [1.29, 1.82) is 0 Å². The Bertz CT molecular complexity index is 1340. The van der Waals surface area contributed by atoms with E-state index in [0.717, 1.165) is 61.8 Å². The maximum absolute atomic E-state index is 7.24. The normalized spacial score (nSPS) is 17.2. The molecule has 0 radical (unpaired) electrons. The summed E-state index contributed by atoms with van der Waals surface area (Å²) in [4.78, 5) is 7.18. The number of rotatable bonds is 10. The smallest absolute Gasteiger partial charge is 0.0478 e. The van der Waals surface area contributed by atoms with Crippen LogP contribution in [0.1, 0.15) is 68.2 Å². The summed E-state index contributed by atoms with van der Waals surface area (Å²) in [5, 5.41) is 1.51. The first-order chi connectivity index (χ1) is 19.9. The van der Waals surface area contributed by atoms with Crippen molar-refractivity contribution in [2.24, 2.45) is 5.73 Å². The zero-order chi connectivity index (χ0) is 28.9. The van der Waals surface area contributed by atoms with Gasteiger partial charge in [-0.25, -0.2) is 0 Å². The number of hydrogen-bond donors (Lipinski definition) is 1. The van der Waals surface area contributed by atoms with E-state index in [1.54, 1.807) is 0 Å². The number of likely N-dealkylation sites (tertiary alicyclic amines) is 1. The van der Waals surface area contributed by atoms with Gasteiger partial charge in [0.15, 0.2) is 0 Å². The first-order valence-corrected chi connectivity index (χ1v) is 15.6. The zero-order valence-corrected chi connectivity index (χ0v) is 25.7.